The Labute approximate surface area is 139 Å². The van der Waals surface area contributed by atoms with Crippen LogP contribution in [0, 0.1) is 18.4 Å². The molecule has 1 heterocycles. The van der Waals surface area contributed by atoms with Crippen LogP contribution < -0.4 is 10.5 Å². The molecule has 0 bridgehead atoms. The molecule has 1 aromatic carbocycles. The van der Waals surface area contributed by atoms with Gasteiger partial charge < -0.3 is 10.5 Å². The Morgan fingerprint density at radius 3 is 2.35 bits per heavy atom. The van der Waals surface area contributed by atoms with Crippen LogP contribution in [0.3, 0.4) is 0 Å². The molecule has 2 unspecified atom stereocenters. The van der Waals surface area contributed by atoms with Crippen molar-refractivity contribution in [2.75, 3.05) is 13.4 Å². The summed E-state index contributed by atoms with van der Waals surface area (Å²) in [6.45, 7) is 1.95. The minimum atomic E-state index is -0.940. The maximum Gasteiger partial charge on any atom is 0.173 e. The van der Waals surface area contributed by atoms with Gasteiger partial charge in [0.1, 0.15) is 5.75 Å². The molecule has 0 fully saturated rings. The standard InChI is InChI=1S/C16H19NO2S.CH2N2/c1-12-4-7-14(11-17-12)16(20(3)18)10-13-5-8-15(19-2)9-6-13;2-1-3/h4-9,11,16H,10H2,1-3H3;2H2. The van der Waals surface area contributed by atoms with E-state index in [2.05, 4.69) is 10.7 Å². The van der Waals surface area contributed by atoms with Gasteiger partial charge >= 0.3 is 0 Å². The normalized spacial score (nSPS) is 12.3. The van der Waals surface area contributed by atoms with Crippen LogP contribution in [-0.4, -0.2) is 22.6 Å². The summed E-state index contributed by atoms with van der Waals surface area (Å²) in [7, 11) is 0.710. The van der Waals surface area contributed by atoms with E-state index in [1.165, 1.54) is 6.19 Å². The molecule has 0 saturated carbocycles. The van der Waals surface area contributed by atoms with Crippen LogP contribution in [0.1, 0.15) is 22.1 Å². The molecule has 0 aliphatic heterocycles. The molecule has 2 rings (SSSR count). The lowest BCUT2D eigenvalue weighted by Crippen LogP contribution is -2.09. The van der Waals surface area contributed by atoms with Crippen molar-refractivity contribution >= 4 is 10.8 Å². The van der Waals surface area contributed by atoms with Gasteiger partial charge in [0.2, 0.25) is 0 Å². The fourth-order valence-electron chi connectivity index (χ4n) is 2.07. The number of benzene rings is 1. The van der Waals surface area contributed by atoms with E-state index < -0.39 is 10.8 Å². The molecule has 0 saturated heterocycles. The van der Waals surface area contributed by atoms with Gasteiger partial charge in [-0.15, -0.1) is 0 Å². The van der Waals surface area contributed by atoms with Crippen molar-refractivity contribution in [3.63, 3.8) is 0 Å². The number of rotatable bonds is 5. The Balaban J connectivity index is 0.000000816. The van der Waals surface area contributed by atoms with E-state index in [0.717, 1.165) is 29.0 Å². The van der Waals surface area contributed by atoms with E-state index >= 15 is 0 Å². The highest BCUT2D eigenvalue weighted by atomic mass is 32.2. The Hall–Kier alpha value is -2.39. The Bertz CT molecular complexity index is 664. The van der Waals surface area contributed by atoms with Gasteiger partial charge in [0.15, 0.2) is 6.19 Å². The molecule has 0 amide bonds. The summed E-state index contributed by atoms with van der Waals surface area (Å²) in [4.78, 5) is 4.30. The molecule has 2 N–H and O–H groups in total. The van der Waals surface area contributed by atoms with Crippen LogP contribution in [-0.2, 0) is 17.2 Å². The van der Waals surface area contributed by atoms with Gasteiger partial charge in [-0.1, -0.05) is 18.2 Å². The molecule has 23 heavy (non-hydrogen) atoms. The van der Waals surface area contributed by atoms with E-state index in [-0.39, 0.29) is 5.25 Å². The molecule has 2 atom stereocenters. The Morgan fingerprint density at radius 2 is 1.91 bits per heavy atom. The second-order valence-electron chi connectivity index (χ2n) is 4.90. The molecule has 0 radical (unpaired) electrons. The second kappa shape index (κ2) is 9.59. The van der Waals surface area contributed by atoms with Crippen molar-refractivity contribution in [2.24, 2.45) is 5.73 Å². The van der Waals surface area contributed by atoms with Gasteiger partial charge in [0.25, 0.3) is 0 Å². The van der Waals surface area contributed by atoms with E-state index in [1.807, 2.05) is 49.5 Å². The summed E-state index contributed by atoms with van der Waals surface area (Å²) in [6.07, 6.45) is 5.55. The summed E-state index contributed by atoms with van der Waals surface area (Å²) in [6, 6.07) is 11.9. The lowest BCUT2D eigenvalue weighted by Gasteiger charge is -2.15. The van der Waals surface area contributed by atoms with Gasteiger partial charge in [0.05, 0.1) is 12.4 Å². The molecule has 6 heteroatoms. The van der Waals surface area contributed by atoms with Crippen molar-refractivity contribution in [1.82, 2.24) is 4.98 Å². The number of hydrogen-bond donors (Lipinski definition) is 1. The van der Waals surface area contributed by atoms with Gasteiger partial charge in [-0.25, -0.2) is 0 Å². The predicted molar refractivity (Wildman–Crippen MR) is 92.3 cm³/mol. The zero-order chi connectivity index (χ0) is 17.2. The fraction of sp³-hybridized carbons (Fsp3) is 0.294. The first-order chi connectivity index (χ1) is 11.0. The number of ether oxygens (including phenoxy) is 1. The third kappa shape index (κ3) is 6.09. The second-order valence-corrected chi connectivity index (χ2v) is 6.47. The maximum atomic E-state index is 12.0. The summed E-state index contributed by atoms with van der Waals surface area (Å²) in [5, 5.41) is 7.07. The lowest BCUT2D eigenvalue weighted by molar-refractivity contribution is 0.414. The van der Waals surface area contributed by atoms with Crippen molar-refractivity contribution < 1.29 is 8.95 Å². The average molecular weight is 331 g/mol. The molecule has 0 aliphatic carbocycles. The minimum Gasteiger partial charge on any atom is -0.497 e. The van der Waals surface area contributed by atoms with Crippen LogP contribution in [0.15, 0.2) is 42.6 Å². The number of aromatic nitrogens is 1. The SMILES string of the molecule is COc1ccc(CC(c2ccc(C)nc2)S(C)=O)cc1.N#CN. The monoisotopic (exact) mass is 331 g/mol. The van der Waals surface area contributed by atoms with Crippen molar-refractivity contribution in [3.05, 3.63) is 59.4 Å². The van der Waals surface area contributed by atoms with E-state index in [0.29, 0.717) is 0 Å². The molecule has 0 spiro atoms. The average Bonchev–Trinajstić information content (AvgIpc) is 2.55. The quantitative estimate of drug-likeness (QED) is 0.671. The highest BCUT2D eigenvalue weighted by Crippen LogP contribution is 2.24. The number of nitrogens with two attached hydrogens (primary N) is 1. The van der Waals surface area contributed by atoms with Crippen LogP contribution in [0.5, 0.6) is 5.75 Å². The van der Waals surface area contributed by atoms with Crippen LogP contribution in [0.25, 0.3) is 0 Å². The smallest absolute Gasteiger partial charge is 0.173 e. The molecule has 2 aromatic rings. The van der Waals surface area contributed by atoms with E-state index in [1.54, 1.807) is 13.4 Å². The molecular formula is C17H21N3O2S. The first-order valence-corrected chi connectivity index (χ1v) is 8.61. The molecule has 5 nitrogen and oxygen atoms in total. The number of nitriles is 1. The number of methoxy groups -OCH3 is 1. The predicted octanol–water partition coefficient (Wildman–Crippen LogP) is 2.49. The lowest BCUT2D eigenvalue weighted by atomic mass is 10.0. The number of nitrogens with zero attached hydrogens (tertiary/aromatic N) is 2. The third-order valence-corrected chi connectivity index (χ3v) is 4.53. The summed E-state index contributed by atoms with van der Waals surface area (Å²) in [5.74, 6) is 0.833. The highest BCUT2D eigenvalue weighted by molar-refractivity contribution is 7.84. The van der Waals surface area contributed by atoms with Crippen LogP contribution in [0.4, 0.5) is 0 Å². The highest BCUT2D eigenvalue weighted by Gasteiger charge is 2.16. The van der Waals surface area contributed by atoms with Crippen molar-refractivity contribution in [3.8, 4) is 11.9 Å². The minimum absolute atomic E-state index is 0.0310. The van der Waals surface area contributed by atoms with E-state index in [4.69, 9.17) is 10.00 Å². The van der Waals surface area contributed by atoms with Crippen LogP contribution in [0.2, 0.25) is 0 Å². The number of aryl methyl sites for hydroxylation is 1. The Morgan fingerprint density at radius 1 is 1.30 bits per heavy atom. The zero-order valence-electron chi connectivity index (χ0n) is 13.5. The van der Waals surface area contributed by atoms with Gasteiger partial charge in [-0.3, -0.25) is 9.19 Å². The Kier molecular flexibility index (Phi) is 7.78. The zero-order valence-corrected chi connectivity index (χ0v) is 14.3. The van der Waals surface area contributed by atoms with E-state index in [9.17, 15) is 4.21 Å². The van der Waals surface area contributed by atoms with Crippen molar-refractivity contribution in [1.29, 1.82) is 5.26 Å². The van der Waals surface area contributed by atoms with Crippen molar-refractivity contribution in [2.45, 2.75) is 18.6 Å². The van der Waals surface area contributed by atoms with Gasteiger partial charge in [0, 0.05) is 28.9 Å². The first-order valence-electron chi connectivity index (χ1n) is 6.99. The molecule has 122 valence electrons. The van der Waals surface area contributed by atoms with Gasteiger partial charge in [-0.05, 0) is 42.7 Å². The molecule has 0 aliphatic rings. The first kappa shape index (κ1) is 18.7. The summed E-state index contributed by atoms with van der Waals surface area (Å²) < 4.78 is 17.2. The fourth-order valence-corrected chi connectivity index (χ4v) is 3.02. The number of pyridine rings is 1. The summed E-state index contributed by atoms with van der Waals surface area (Å²) in [5.41, 5.74) is 7.29. The third-order valence-electron chi connectivity index (χ3n) is 3.29. The van der Waals surface area contributed by atoms with Gasteiger partial charge in [-0.2, -0.15) is 5.26 Å². The molecular weight excluding hydrogens is 310 g/mol. The topological polar surface area (TPSA) is 89.0 Å². The maximum absolute atomic E-state index is 12.0. The molecule has 1 aromatic heterocycles. The largest absolute Gasteiger partial charge is 0.497 e. The summed E-state index contributed by atoms with van der Waals surface area (Å²) >= 11 is 0. The van der Waals surface area contributed by atoms with Crippen LogP contribution >= 0.6 is 0 Å². The number of hydrogen-bond acceptors (Lipinski definition) is 5.